The van der Waals surface area contributed by atoms with Crippen LogP contribution in [0.25, 0.3) is 11.2 Å². The van der Waals surface area contributed by atoms with Crippen LogP contribution in [0.1, 0.15) is 43.2 Å². The molecule has 116 valence electrons. The van der Waals surface area contributed by atoms with Crippen molar-refractivity contribution in [1.82, 2.24) is 14.6 Å². The fourth-order valence-corrected chi connectivity index (χ4v) is 2.53. The van der Waals surface area contributed by atoms with E-state index in [1.54, 1.807) is 23.7 Å². The third-order valence-electron chi connectivity index (χ3n) is 3.54. The molecule has 0 spiro atoms. The summed E-state index contributed by atoms with van der Waals surface area (Å²) in [6, 6.07) is 1.63. The number of aromatic nitrogens is 3. The van der Waals surface area contributed by atoms with E-state index in [9.17, 15) is 4.79 Å². The summed E-state index contributed by atoms with van der Waals surface area (Å²) in [6.07, 6.45) is 6.63. The number of hydrogen-bond acceptors (Lipinski definition) is 5. The number of carbonyl (C=O) groups is 1. The first-order valence-corrected chi connectivity index (χ1v) is 7.37. The van der Waals surface area contributed by atoms with Crippen molar-refractivity contribution in [2.24, 2.45) is 0 Å². The van der Waals surface area contributed by atoms with Crippen molar-refractivity contribution in [1.29, 1.82) is 0 Å². The maximum atomic E-state index is 11.7. The van der Waals surface area contributed by atoms with Gasteiger partial charge in [0.1, 0.15) is 0 Å². The molecule has 1 aliphatic heterocycles. The van der Waals surface area contributed by atoms with Gasteiger partial charge in [-0.3, -0.25) is 0 Å². The number of fused-ring (bicyclic) bond motifs is 1. The number of ether oxygens (including phenoxy) is 2. The van der Waals surface area contributed by atoms with Gasteiger partial charge in [0, 0.05) is 24.0 Å². The summed E-state index contributed by atoms with van der Waals surface area (Å²) in [5.41, 5.74) is 2.79. The van der Waals surface area contributed by atoms with Crippen molar-refractivity contribution in [3.05, 3.63) is 35.8 Å². The zero-order valence-corrected chi connectivity index (χ0v) is 13.0. The van der Waals surface area contributed by atoms with E-state index in [-0.39, 0.29) is 11.3 Å². The molecule has 6 heteroatoms. The lowest BCUT2D eigenvalue weighted by Gasteiger charge is -2.28. The number of carbonyl (C=O) groups excluding carboxylic acids is 1. The quantitative estimate of drug-likeness (QED) is 0.815. The van der Waals surface area contributed by atoms with Crippen LogP contribution in [0.4, 0.5) is 0 Å². The Morgan fingerprint density at radius 3 is 3.05 bits per heavy atom. The summed E-state index contributed by atoms with van der Waals surface area (Å²) in [4.78, 5) is 16.1. The lowest BCUT2D eigenvalue weighted by molar-refractivity contribution is 0.0165. The highest BCUT2D eigenvalue weighted by Crippen LogP contribution is 2.28. The van der Waals surface area contributed by atoms with Gasteiger partial charge >= 0.3 is 5.97 Å². The standard InChI is InChI=1S/C16H19N3O3/c1-4-21-15(20)13-7-14-17-9-12(10-19(14)18-13)11-5-6-22-16(2,3)8-11/h7-10H,4-6H2,1-3H3. The molecular weight excluding hydrogens is 282 g/mol. The minimum absolute atomic E-state index is 0.271. The number of rotatable bonds is 3. The minimum atomic E-state index is -0.430. The van der Waals surface area contributed by atoms with Gasteiger partial charge in [-0.1, -0.05) is 0 Å². The van der Waals surface area contributed by atoms with Crippen molar-refractivity contribution in [2.75, 3.05) is 13.2 Å². The molecule has 1 aliphatic rings. The minimum Gasteiger partial charge on any atom is -0.461 e. The van der Waals surface area contributed by atoms with Gasteiger partial charge in [-0.05, 0) is 38.8 Å². The second kappa shape index (κ2) is 5.53. The van der Waals surface area contributed by atoms with Crippen LogP contribution in [0, 0.1) is 0 Å². The molecule has 0 radical (unpaired) electrons. The molecule has 3 heterocycles. The highest BCUT2D eigenvalue weighted by Gasteiger charge is 2.22. The molecule has 0 bridgehead atoms. The smallest absolute Gasteiger partial charge is 0.358 e. The molecule has 0 saturated heterocycles. The van der Waals surface area contributed by atoms with Crippen molar-refractivity contribution in [3.63, 3.8) is 0 Å². The summed E-state index contributed by atoms with van der Waals surface area (Å²) in [5.74, 6) is -0.430. The van der Waals surface area contributed by atoms with E-state index in [4.69, 9.17) is 9.47 Å². The Morgan fingerprint density at radius 1 is 1.50 bits per heavy atom. The summed E-state index contributed by atoms with van der Waals surface area (Å²) in [7, 11) is 0. The Hall–Kier alpha value is -2.21. The van der Waals surface area contributed by atoms with Gasteiger partial charge in [-0.15, -0.1) is 0 Å². The highest BCUT2D eigenvalue weighted by atomic mass is 16.5. The van der Waals surface area contributed by atoms with Crippen LogP contribution >= 0.6 is 0 Å². The van der Waals surface area contributed by atoms with E-state index >= 15 is 0 Å². The molecular formula is C16H19N3O3. The monoisotopic (exact) mass is 301 g/mol. The van der Waals surface area contributed by atoms with Gasteiger partial charge in [0.15, 0.2) is 11.3 Å². The van der Waals surface area contributed by atoms with E-state index in [0.29, 0.717) is 18.9 Å². The van der Waals surface area contributed by atoms with E-state index in [2.05, 4.69) is 16.2 Å². The number of nitrogens with zero attached hydrogens (tertiary/aromatic N) is 3. The molecule has 0 aromatic carbocycles. The lowest BCUT2D eigenvalue weighted by Crippen LogP contribution is -2.26. The molecule has 2 aromatic heterocycles. The van der Waals surface area contributed by atoms with Crippen LogP contribution in [-0.2, 0) is 9.47 Å². The third-order valence-corrected chi connectivity index (χ3v) is 3.54. The molecule has 0 aliphatic carbocycles. The van der Waals surface area contributed by atoms with Gasteiger partial charge < -0.3 is 9.47 Å². The topological polar surface area (TPSA) is 65.7 Å². The second-order valence-electron chi connectivity index (χ2n) is 5.77. The summed E-state index contributed by atoms with van der Waals surface area (Å²) < 4.78 is 12.3. The molecule has 2 aromatic rings. The first-order valence-electron chi connectivity index (χ1n) is 7.37. The SMILES string of the molecule is CCOC(=O)c1cc2ncc(C3=CC(C)(C)OCC3)cn2n1. The average Bonchev–Trinajstić information content (AvgIpc) is 2.89. The fraction of sp³-hybridized carbons (Fsp3) is 0.438. The van der Waals surface area contributed by atoms with Crippen molar-refractivity contribution < 1.29 is 14.3 Å². The largest absolute Gasteiger partial charge is 0.461 e. The maximum Gasteiger partial charge on any atom is 0.358 e. The van der Waals surface area contributed by atoms with Gasteiger partial charge in [0.2, 0.25) is 0 Å². The van der Waals surface area contributed by atoms with Gasteiger partial charge in [0.05, 0.1) is 18.8 Å². The summed E-state index contributed by atoms with van der Waals surface area (Å²) >= 11 is 0. The first kappa shape index (κ1) is 14.7. The second-order valence-corrected chi connectivity index (χ2v) is 5.77. The van der Waals surface area contributed by atoms with E-state index in [1.807, 2.05) is 20.0 Å². The molecule has 22 heavy (non-hydrogen) atoms. The molecule has 0 amide bonds. The third kappa shape index (κ3) is 2.87. The van der Waals surface area contributed by atoms with Crippen molar-refractivity contribution in [3.8, 4) is 0 Å². The summed E-state index contributed by atoms with van der Waals surface area (Å²) in [6.45, 7) is 6.84. The molecule has 0 unspecified atom stereocenters. The van der Waals surface area contributed by atoms with Crippen LogP contribution in [0.15, 0.2) is 24.5 Å². The predicted molar refractivity (Wildman–Crippen MR) is 81.6 cm³/mol. The van der Waals surface area contributed by atoms with E-state index in [0.717, 1.165) is 12.0 Å². The van der Waals surface area contributed by atoms with Crippen LogP contribution in [-0.4, -0.2) is 39.4 Å². The van der Waals surface area contributed by atoms with Gasteiger partial charge in [-0.25, -0.2) is 14.3 Å². The molecule has 0 N–H and O–H groups in total. The zero-order chi connectivity index (χ0) is 15.7. The van der Waals surface area contributed by atoms with Crippen molar-refractivity contribution >= 4 is 17.2 Å². The van der Waals surface area contributed by atoms with E-state index in [1.165, 1.54) is 5.57 Å². The molecule has 0 saturated carbocycles. The molecule has 3 rings (SSSR count). The molecule has 0 fully saturated rings. The zero-order valence-electron chi connectivity index (χ0n) is 13.0. The molecule has 6 nitrogen and oxygen atoms in total. The Bertz CT molecular complexity index is 746. The van der Waals surface area contributed by atoms with Crippen LogP contribution in [0.5, 0.6) is 0 Å². The highest BCUT2D eigenvalue weighted by molar-refractivity contribution is 5.88. The van der Waals surface area contributed by atoms with Crippen LogP contribution < -0.4 is 0 Å². The lowest BCUT2D eigenvalue weighted by atomic mass is 9.96. The van der Waals surface area contributed by atoms with Crippen LogP contribution in [0.3, 0.4) is 0 Å². The molecule has 0 atom stereocenters. The Morgan fingerprint density at radius 2 is 2.32 bits per heavy atom. The fourth-order valence-electron chi connectivity index (χ4n) is 2.53. The normalized spacial score (nSPS) is 17.3. The number of esters is 1. The summed E-state index contributed by atoms with van der Waals surface area (Å²) in [5, 5.41) is 4.24. The predicted octanol–water partition coefficient (Wildman–Crippen LogP) is 2.49. The Labute approximate surface area is 128 Å². The van der Waals surface area contributed by atoms with Gasteiger partial charge in [0.25, 0.3) is 0 Å². The first-order chi connectivity index (χ1) is 10.5. The Balaban J connectivity index is 1.96. The Kier molecular flexibility index (Phi) is 3.70. The van der Waals surface area contributed by atoms with Crippen molar-refractivity contribution in [2.45, 2.75) is 32.8 Å². The van der Waals surface area contributed by atoms with Gasteiger partial charge in [-0.2, -0.15) is 5.10 Å². The number of hydrogen-bond donors (Lipinski definition) is 0. The maximum absolute atomic E-state index is 11.7. The van der Waals surface area contributed by atoms with Crippen LogP contribution in [0.2, 0.25) is 0 Å². The average molecular weight is 301 g/mol. The van der Waals surface area contributed by atoms with E-state index < -0.39 is 5.97 Å².